The Bertz CT molecular complexity index is 687. The van der Waals surface area contributed by atoms with Gasteiger partial charge in [0.2, 0.25) is 0 Å². The van der Waals surface area contributed by atoms with Gasteiger partial charge in [-0.1, -0.05) is 18.2 Å². The number of ether oxygens (including phenoxy) is 2. The molecule has 4 nitrogen and oxygen atoms in total. The molecule has 2 aromatic rings. The molecule has 3 rings (SSSR count). The number of halogens is 1. The van der Waals surface area contributed by atoms with Gasteiger partial charge in [0.15, 0.2) is 6.61 Å². The maximum Gasteiger partial charge on any atom is 0.265 e. The van der Waals surface area contributed by atoms with Crippen LogP contribution in [0.5, 0.6) is 11.5 Å². The predicted molar refractivity (Wildman–Crippen MR) is 88.8 cm³/mol. The molecule has 0 aromatic heterocycles. The van der Waals surface area contributed by atoms with Crippen molar-refractivity contribution in [3.8, 4) is 11.5 Å². The number of hydrogen-bond acceptors (Lipinski definition) is 3. The summed E-state index contributed by atoms with van der Waals surface area (Å²) in [4.78, 5) is 14.0. The highest BCUT2D eigenvalue weighted by atomic mass is 127. The quantitative estimate of drug-likeness (QED) is 0.750. The molecule has 1 amide bonds. The van der Waals surface area contributed by atoms with Crippen molar-refractivity contribution < 1.29 is 14.3 Å². The van der Waals surface area contributed by atoms with Crippen molar-refractivity contribution in [1.29, 1.82) is 0 Å². The van der Waals surface area contributed by atoms with Gasteiger partial charge in [0, 0.05) is 9.13 Å². The molecule has 0 bridgehead atoms. The summed E-state index contributed by atoms with van der Waals surface area (Å²) in [6.07, 6.45) is 0. The topological polar surface area (TPSA) is 38.8 Å². The molecule has 0 N–H and O–H groups in total. The molecule has 0 aliphatic carbocycles. The first-order chi connectivity index (χ1) is 10.2. The molecular weight excluding hydrogens is 381 g/mol. The monoisotopic (exact) mass is 395 g/mol. The Morgan fingerprint density at radius 1 is 1.29 bits per heavy atom. The van der Waals surface area contributed by atoms with Crippen LogP contribution in [0, 0.1) is 3.57 Å². The molecule has 1 aliphatic rings. The minimum absolute atomic E-state index is 0.0459. The SMILES string of the molecule is COc1ccccc1CN1C(=O)COc2ccc(I)cc21. The Balaban J connectivity index is 1.98. The van der Waals surface area contributed by atoms with Gasteiger partial charge >= 0.3 is 0 Å². The number of benzene rings is 2. The molecule has 1 aliphatic heterocycles. The minimum atomic E-state index is -0.0459. The Kier molecular flexibility index (Phi) is 4.01. The van der Waals surface area contributed by atoms with E-state index in [-0.39, 0.29) is 12.5 Å². The van der Waals surface area contributed by atoms with Crippen LogP contribution >= 0.6 is 22.6 Å². The van der Waals surface area contributed by atoms with E-state index in [0.717, 1.165) is 26.3 Å². The Morgan fingerprint density at radius 3 is 2.90 bits per heavy atom. The van der Waals surface area contributed by atoms with Gasteiger partial charge < -0.3 is 14.4 Å². The smallest absolute Gasteiger partial charge is 0.265 e. The lowest BCUT2D eigenvalue weighted by Gasteiger charge is -2.30. The third-order valence-electron chi connectivity index (χ3n) is 3.38. The number of anilines is 1. The number of carbonyl (C=O) groups excluding carboxylic acids is 1. The van der Waals surface area contributed by atoms with E-state index < -0.39 is 0 Å². The van der Waals surface area contributed by atoms with Gasteiger partial charge in [-0.05, 0) is 46.9 Å². The fraction of sp³-hybridized carbons (Fsp3) is 0.188. The highest BCUT2D eigenvalue weighted by Gasteiger charge is 2.26. The zero-order valence-corrected chi connectivity index (χ0v) is 13.7. The molecule has 108 valence electrons. The van der Waals surface area contributed by atoms with Crippen LogP contribution in [0.15, 0.2) is 42.5 Å². The first-order valence-corrected chi connectivity index (χ1v) is 7.61. The van der Waals surface area contributed by atoms with Crippen LogP contribution in [0.2, 0.25) is 0 Å². The van der Waals surface area contributed by atoms with Crippen molar-refractivity contribution in [2.45, 2.75) is 6.54 Å². The van der Waals surface area contributed by atoms with Crippen molar-refractivity contribution in [3.05, 3.63) is 51.6 Å². The first-order valence-electron chi connectivity index (χ1n) is 6.53. The summed E-state index contributed by atoms with van der Waals surface area (Å²) in [6, 6.07) is 13.6. The standard InChI is InChI=1S/C16H14INO3/c1-20-14-5-3-2-4-11(14)9-18-13-8-12(17)6-7-15(13)21-10-16(18)19/h2-8H,9-10H2,1H3. The van der Waals surface area contributed by atoms with E-state index >= 15 is 0 Å². The first kappa shape index (κ1) is 14.2. The van der Waals surface area contributed by atoms with Crippen LogP contribution in [0.3, 0.4) is 0 Å². The molecule has 21 heavy (non-hydrogen) atoms. The second-order valence-corrected chi connectivity index (χ2v) is 5.94. The normalized spacial score (nSPS) is 13.6. The summed E-state index contributed by atoms with van der Waals surface area (Å²) >= 11 is 2.23. The number of para-hydroxylation sites is 1. The summed E-state index contributed by atoms with van der Waals surface area (Å²) < 4.78 is 11.9. The molecule has 0 fully saturated rings. The van der Waals surface area contributed by atoms with Crippen LogP contribution in [0.1, 0.15) is 5.56 Å². The summed E-state index contributed by atoms with van der Waals surface area (Å²) in [7, 11) is 1.64. The molecule has 1 heterocycles. The fourth-order valence-corrected chi connectivity index (χ4v) is 2.83. The third kappa shape index (κ3) is 2.83. The Morgan fingerprint density at radius 2 is 2.10 bits per heavy atom. The molecule has 5 heteroatoms. The van der Waals surface area contributed by atoms with Crippen molar-refractivity contribution in [2.75, 3.05) is 18.6 Å². The molecule has 0 atom stereocenters. The molecule has 0 unspecified atom stereocenters. The van der Waals surface area contributed by atoms with E-state index in [9.17, 15) is 4.79 Å². The van der Waals surface area contributed by atoms with Gasteiger partial charge in [-0.25, -0.2) is 0 Å². The lowest BCUT2D eigenvalue weighted by Crippen LogP contribution is -2.38. The highest BCUT2D eigenvalue weighted by molar-refractivity contribution is 14.1. The number of nitrogens with zero attached hydrogens (tertiary/aromatic N) is 1. The number of carbonyl (C=O) groups is 1. The number of fused-ring (bicyclic) bond motifs is 1. The van der Waals surface area contributed by atoms with Crippen molar-refractivity contribution in [3.63, 3.8) is 0 Å². The average molecular weight is 395 g/mol. The molecule has 0 saturated heterocycles. The van der Waals surface area contributed by atoms with E-state index in [1.807, 2.05) is 42.5 Å². The lowest BCUT2D eigenvalue weighted by molar-refractivity contribution is -0.121. The zero-order chi connectivity index (χ0) is 14.8. The van der Waals surface area contributed by atoms with Gasteiger partial charge in [0.05, 0.1) is 19.3 Å². The van der Waals surface area contributed by atoms with Crippen molar-refractivity contribution >= 4 is 34.2 Å². The molecule has 2 aromatic carbocycles. The Hall–Kier alpha value is -1.76. The van der Waals surface area contributed by atoms with Crippen LogP contribution in [-0.4, -0.2) is 19.6 Å². The highest BCUT2D eigenvalue weighted by Crippen LogP contribution is 2.35. The molecular formula is C16H14INO3. The molecule has 0 saturated carbocycles. The van der Waals surface area contributed by atoms with E-state index in [1.54, 1.807) is 12.0 Å². The second kappa shape index (κ2) is 5.93. The van der Waals surface area contributed by atoms with Crippen LogP contribution in [-0.2, 0) is 11.3 Å². The third-order valence-corrected chi connectivity index (χ3v) is 4.06. The largest absolute Gasteiger partial charge is 0.496 e. The number of rotatable bonds is 3. The summed E-state index contributed by atoms with van der Waals surface area (Å²) in [5.41, 5.74) is 1.78. The number of amides is 1. The van der Waals surface area contributed by atoms with Crippen molar-refractivity contribution in [1.82, 2.24) is 0 Å². The van der Waals surface area contributed by atoms with Gasteiger partial charge in [-0.3, -0.25) is 4.79 Å². The fourth-order valence-electron chi connectivity index (χ4n) is 2.35. The maximum atomic E-state index is 12.2. The van der Waals surface area contributed by atoms with Crippen molar-refractivity contribution in [2.24, 2.45) is 0 Å². The average Bonchev–Trinajstić information content (AvgIpc) is 2.50. The predicted octanol–water partition coefficient (Wildman–Crippen LogP) is 3.23. The van der Waals surface area contributed by atoms with E-state index in [2.05, 4.69) is 22.6 Å². The zero-order valence-electron chi connectivity index (χ0n) is 11.5. The van der Waals surface area contributed by atoms with Crippen LogP contribution < -0.4 is 14.4 Å². The van der Waals surface area contributed by atoms with Crippen LogP contribution in [0.4, 0.5) is 5.69 Å². The second-order valence-electron chi connectivity index (χ2n) is 4.69. The van der Waals surface area contributed by atoms with E-state index in [4.69, 9.17) is 9.47 Å². The summed E-state index contributed by atoms with van der Waals surface area (Å²) in [6.45, 7) is 0.544. The minimum Gasteiger partial charge on any atom is -0.496 e. The molecule has 0 spiro atoms. The summed E-state index contributed by atoms with van der Waals surface area (Å²) in [5.74, 6) is 1.48. The Labute approximate surface area is 136 Å². The maximum absolute atomic E-state index is 12.2. The number of hydrogen-bond donors (Lipinski definition) is 0. The van der Waals surface area contributed by atoms with Gasteiger partial charge in [-0.2, -0.15) is 0 Å². The van der Waals surface area contributed by atoms with Gasteiger partial charge in [0.1, 0.15) is 11.5 Å². The van der Waals surface area contributed by atoms with E-state index in [1.165, 1.54) is 0 Å². The van der Waals surface area contributed by atoms with Gasteiger partial charge in [0.25, 0.3) is 5.91 Å². The number of methoxy groups -OCH3 is 1. The van der Waals surface area contributed by atoms with E-state index in [0.29, 0.717) is 6.54 Å². The van der Waals surface area contributed by atoms with Gasteiger partial charge in [-0.15, -0.1) is 0 Å². The lowest BCUT2D eigenvalue weighted by atomic mass is 10.1. The van der Waals surface area contributed by atoms with Crippen LogP contribution in [0.25, 0.3) is 0 Å². The molecule has 0 radical (unpaired) electrons. The summed E-state index contributed by atoms with van der Waals surface area (Å²) in [5, 5.41) is 0.